The molecule has 0 aliphatic carbocycles. The Kier molecular flexibility index (Phi) is 4.23. The molecule has 0 amide bonds. The van der Waals surface area contributed by atoms with Crippen molar-refractivity contribution in [3.8, 4) is 0 Å². The average molecular weight is 286 g/mol. The number of sulfonamides is 1. The van der Waals surface area contributed by atoms with E-state index < -0.39 is 15.8 Å². The molecule has 0 saturated carbocycles. The molecule has 1 fully saturated rings. The lowest BCUT2D eigenvalue weighted by Crippen LogP contribution is -2.50. The van der Waals surface area contributed by atoms with E-state index in [-0.39, 0.29) is 4.90 Å². The highest BCUT2D eigenvalue weighted by molar-refractivity contribution is 7.89. The molecule has 19 heavy (non-hydrogen) atoms. The lowest BCUT2D eigenvalue weighted by molar-refractivity contribution is 0.154. The highest BCUT2D eigenvalue weighted by Crippen LogP contribution is 2.18. The molecule has 1 saturated heterocycles. The third kappa shape index (κ3) is 3.13. The predicted octanol–water partition coefficient (Wildman–Crippen LogP) is 1.54. The second kappa shape index (κ2) is 5.56. The Morgan fingerprint density at radius 3 is 2.05 bits per heavy atom. The fraction of sp³-hybridized carbons (Fsp3) is 0.538. The number of nitrogens with zero attached hydrogens (tertiary/aromatic N) is 2. The lowest BCUT2D eigenvalue weighted by Gasteiger charge is -2.36. The van der Waals surface area contributed by atoms with Crippen LogP contribution in [0.4, 0.5) is 4.39 Å². The van der Waals surface area contributed by atoms with E-state index in [1.165, 1.54) is 28.6 Å². The van der Waals surface area contributed by atoms with Crippen molar-refractivity contribution in [2.45, 2.75) is 24.8 Å². The van der Waals surface area contributed by atoms with Gasteiger partial charge in [-0.15, -0.1) is 0 Å². The highest BCUT2D eigenvalue weighted by Gasteiger charge is 2.28. The van der Waals surface area contributed by atoms with Gasteiger partial charge in [0.1, 0.15) is 5.82 Å². The quantitative estimate of drug-likeness (QED) is 0.846. The first-order chi connectivity index (χ1) is 8.91. The van der Waals surface area contributed by atoms with Crippen molar-refractivity contribution < 1.29 is 12.8 Å². The fourth-order valence-corrected chi connectivity index (χ4v) is 3.64. The van der Waals surface area contributed by atoms with Crippen molar-refractivity contribution in [1.29, 1.82) is 0 Å². The summed E-state index contributed by atoms with van der Waals surface area (Å²) in [5.41, 5.74) is 0. The van der Waals surface area contributed by atoms with Crippen LogP contribution in [0.2, 0.25) is 0 Å². The molecule has 106 valence electrons. The first-order valence-electron chi connectivity index (χ1n) is 6.41. The van der Waals surface area contributed by atoms with Gasteiger partial charge in [0.2, 0.25) is 10.0 Å². The van der Waals surface area contributed by atoms with E-state index >= 15 is 0 Å². The Balaban J connectivity index is 2.12. The van der Waals surface area contributed by atoms with Crippen molar-refractivity contribution in [1.82, 2.24) is 9.21 Å². The molecule has 1 aliphatic rings. The standard InChI is InChI=1S/C13H19FN2O2S/c1-11(2)15-7-9-16(10-8-15)19(17,18)13-5-3-12(14)4-6-13/h3-6,11H,7-10H2,1-2H3. The maximum absolute atomic E-state index is 12.8. The molecule has 0 radical (unpaired) electrons. The summed E-state index contributed by atoms with van der Waals surface area (Å²) in [7, 11) is -3.49. The van der Waals surface area contributed by atoms with Crippen LogP contribution in [0, 0.1) is 5.82 Å². The van der Waals surface area contributed by atoms with Crippen molar-refractivity contribution >= 4 is 10.0 Å². The topological polar surface area (TPSA) is 40.6 Å². The molecule has 1 aromatic rings. The number of benzene rings is 1. The first kappa shape index (κ1) is 14.4. The number of piperazine rings is 1. The fourth-order valence-electron chi connectivity index (χ4n) is 2.22. The Morgan fingerprint density at radius 1 is 1.05 bits per heavy atom. The molecule has 1 heterocycles. The molecular formula is C13H19FN2O2S. The third-order valence-corrected chi connectivity index (χ3v) is 5.37. The maximum Gasteiger partial charge on any atom is 0.243 e. The molecular weight excluding hydrogens is 267 g/mol. The Hall–Kier alpha value is -0.980. The summed E-state index contributed by atoms with van der Waals surface area (Å²) in [6.07, 6.45) is 0. The van der Waals surface area contributed by atoms with Crippen LogP contribution in [-0.2, 0) is 10.0 Å². The van der Waals surface area contributed by atoms with Crippen molar-refractivity contribution in [3.63, 3.8) is 0 Å². The van der Waals surface area contributed by atoms with Crippen molar-refractivity contribution in [2.75, 3.05) is 26.2 Å². The van der Waals surface area contributed by atoms with E-state index in [1.807, 2.05) is 0 Å². The second-order valence-corrected chi connectivity index (χ2v) is 6.93. The normalized spacial score (nSPS) is 18.9. The SMILES string of the molecule is CC(C)N1CCN(S(=O)(=O)c2ccc(F)cc2)CC1. The molecule has 0 unspecified atom stereocenters. The third-order valence-electron chi connectivity index (χ3n) is 3.45. The largest absolute Gasteiger partial charge is 0.298 e. The van der Waals surface area contributed by atoms with Crippen LogP contribution in [0.5, 0.6) is 0 Å². The van der Waals surface area contributed by atoms with E-state index in [9.17, 15) is 12.8 Å². The van der Waals surface area contributed by atoms with E-state index in [0.29, 0.717) is 19.1 Å². The smallest absolute Gasteiger partial charge is 0.243 e. The number of halogens is 1. The highest BCUT2D eigenvalue weighted by atomic mass is 32.2. The van der Waals surface area contributed by atoms with Crippen LogP contribution in [0.3, 0.4) is 0 Å². The lowest BCUT2D eigenvalue weighted by atomic mass is 10.3. The van der Waals surface area contributed by atoms with Crippen LogP contribution in [0.1, 0.15) is 13.8 Å². The van der Waals surface area contributed by atoms with Gasteiger partial charge in [0.05, 0.1) is 4.90 Å². The van der Waals surface area contributed by atoms with E-state index in [2.05, 4.69) is 18.7 Å². The van der Waals surface area contributed by atoms with E-state index in [1.54, 1.807) is 0 Å². The zero-order valence-electron chi connectivity index (χ0n) is 11.2. The minimum absolute atomic E-state index is 0.159. The summed E-state index contributed by atoms with van der Waals surface area (Å²) in [4.78, 5) is 2.41. The Bertz CT molecular complexity index is 520. The second-order valence-electron chi connectivity index (χ2n) is 4.99. The molecule has 0 aromatic heterocycles. The van der Waals surface area contributed by atoms with Crippen LogP contribution in [0.25, 0.3) is 0 Å². The van der Waals surface area contributed by atoms with Gasteiger partial charge in [0.25, 0.3) is 0 Å². The van der Waals surface area contributed by atoms with Gasteiger partial charge < -0.3 is 0 Å². The average Bonchev–Trinajstić information content (AvgIpc) is 2.39. The summed E-state index contributed by atoms with van der Waals surface area (Å²) in [6.45, 7) is 6.64. The molecule has 0 bridgehead atoms. The van der Waals surface area contributed by atoms with Crippen LogP contribution < -0.4 is 0 Å². The van der Waals surface area contributed by atoms with Gasteiger partial charge in [-0.25, -0.2) is 12.8 Å². The summed E-state index contributed by atoms with van der Waals surface area (Å²) in [6, 6.07) is 5.42. The summed E-state index contributed by atoms with van der Waals surface area (Å²) in [5.74, 6) is -0.427. The van der Waals surface area contributed by atoms with Crippen molar-refractivity contribution in [2.24, 2.45) is 0 Å². The van der Waals surface area contributed by atoms with E-state index in [0.717, 1.165) is 13.1 Å². The van der Waals surface area contributed by atoms with Gasteiger partial charge in [-0.05, 0) is 38.1 Å². The zero-order valence-corrected chi connectivity index (χ0v) is 12.0. The first-order valence-corrected chi connectivity index (χ1v) is 7.85. The van der Waals surface area contributed by atoms with Crippen LogP contribution in [0.15, 0.2) is 29.2 Å². The van der Waals surface area contributed by atoms with Gasteiger partial charge >= 0.3 is 0 Å². The van der Waals surface area contributed by atoms with Gasteiger partial charge in [-0.1, -0.05) is 0 Å². The molecule has 1 aromatic carbocycles. The molecule has 0 N–H and O–H groups in total. The zero-order chi connectivity index (χ0) is 14.0. The molecule has 0 atom stereocenters. The Morgan fingerprint density at radius 2 is 1.58 bits per heavy atom. The number of rotatable bonds is 3. The van der Waals surface area contributed by atoms with Gasteiger partial charge in [0.15, 0.2) is 0 Å². The maximum atomic E-state index is 12.8. The van der Waals surface area contributed by atoms with Crippen LogP contribution in [-0.4, -0.2) is 49.8 Å². The minimum atomic E-state index is -3.49. The monoisotopic (exact) mass is 286 g/mol. The Labute approximate surface area is 113 Å². The molecule has 2 rings (SSSR count). The molecule has 1 aliphatic heterocycles. The molecule has 4 nitrogen and oxygen atoms in total. The summed E-state index contributed by atoms with van der Waals surface area (Å²) < 4.78 is 39.0. The number of hydrogen-bond donors (Lipinski definition) is 0. The van der Waals surface area contributed by atoms with Gasteiger partial charge in [-0.3, -0.25) is 4.90 Å². The van der Waals surface area contributed by atoms with Gasteiger partial charge in [0, 0.05) is 32.2 Å². The van der Waals surface area contributed by atoms with Crippen molar-refractivity contribution in [3.05, 3.63) is 30.1 Å². The van der Waals surface area contributed by atoms with Gasteiger partial charge in [-0.2, -0.15) is 4.31 Å². The number of hydrogen-bond acceptors (Lipinski definition) is 3. The van der Waals surface area contributed by atoms with Crippen LogP contribution >= 0.6 is 0 Å². The predicted molar refractivity (Wildman–Crippen MR) is 71.9 cm³/mol. The minimum Gasteiger partial charge on any atom is -0.298 e. The molecule has 0 spiro atoms. The summed E-state index contributed by atoms with van der Waals surface area (Å²) in [5, 5.41) is 0. The summed E-state index contributed by atoms with van der Waals surface area (Å²) >= 11 is 0. The van der Waals surface area contributed by atoms with E-state index in [4.69, 9.17) is 0 Å². The molecule has 6 heteroatoms.